The summed E-state index contributed by atoms with van der Waals surface area (Å²) in [5.41, 5.74) is 1.70. The van der Waals surface area contributed by atoms with Crippen LogP contribution >= 0.6 is 12.2 Å². The first-order valence-electron chi connectivity index (χ1n) is 9.64. The molecule has 2 amide bonds. The van der Waals surface area contributed by atoms with Gasteiger partial charge in [0.05, 0.1) is 23.1 Å². The maximum Gasteiger partial charge on any atom is 0.416 e. The lowest BCUT2D eigenvalue weighted by molar-refractivity contribution is -0.130. The standard InChI is InChI=1S/C21H18N4O5S2/c1-13-2-8-16(9-3-13)32(28,29)25-18(15-6-4-14(12-22)5-7-15)17(23-20(25)31)19(26)24-10-11-30-21(24)27/h2-9,17-18H,10-11H2,1H3,(H,23,31)/t17-,18+/m0/s1. The number of nitriles is 1. The molecule has 0 aromatic heterocycles. The summed E-state index contributed by atoms with van der Waals surface area (Å²) in [4.78, 5) is 26.1. The number of thiocarbonyl (C=S) groups is 1. The number of carbonyl (C=O) groups excluding carboxylic acids is 2. The number of benzene rings is 2. The van der Waals surface area contributed by atoms with E-state index in [9.17, 15) is 18.0 Å². The predicted octanol–water partition coefficient (Wildman–Crippen LogP) is 1.83. The predicted molar refractivity (Wildman–Crippen MR) is 117 cm³/mol. The Labute approximate surface area is 190 Å². The molecule has 2 atom stereocenters. The molecule has 1 N–H and O–H groups in total. The van der Waals surface area contributed by atoms with Crippen LogP contribution in [0.5, 0.6) is 0 Å². The van der Waals surface area contributed by atoms with Crippen molar-refractivity contribution < 1.29 is 22.7 Å². The van der Waals surface area contributed by atoms with Gasteiger partial charge in [0.1, 0.15) is 18.7 Å². The van der Waals surface area contributed by atoms with Crippen molar-refractivity contribution in [1.29, 1.82) is 5.26 Å². The third kappa shape index (κ3) is 3.68. The summed E-state index contributed by atoms with van der Waals surface area (Å²) in [7, 11) is -4.14. The Kier molecular flexibility index (Phi) is 5.58. The van der Waals surface area contributed by atoms with E-state index in [1.54, 1.807) is 24.3 Å². The van der Waals surface area contributed by atoms with Crippen molar-refractivity contribution in [2.45, 2.75) is 23.9 Å². The summed E-state index contributed by atoms with van der Waals surface area (Å²) < 4.78 is 32.9. The van der Waals surface area contributed by atoms with Gasteiger partial charge in [0.2, 0.25) is 0 Å². The highest BCUT2D eigenvalue weighted by Gasteiger charge is 2.50. The SMILES string of the molecule is Cc1ccc(S(=O)(=O)N2C(=S)N[C@H](C(=O)N3CCOC3=O)[C@H]2c2ccc(C#N)cc2)cc1. The average Bonchev–Trinajstić information content (AvgIpc) is 3.37. The fourth-order valence-corrected chi connectivity index (χ4v) is 5.72. The van der Waals surface area contributed by atoms with Gasteiger partial charge in [-0.05, 0) is 49.0 Å². The van der Waals surface area contributed by atoms with E-state index in [4.69, 9.17) is 22.2 Å². The van der Waals surface area contributed by atoms with E-state index < -0.39 is 34.1 Å². The van der Waals surface area contributed by atoms with Gasteiger partial charge in [-0.1, -0.05) is 29.8 Å². The first-order chi connectivity index (χ1) is 15.2. The van der Waals surface area contributed by atoms with E-state index in [0.717, 1.165) is 14.8 Å². The fraction of sp³-hybridized carbons (Fsp3) is 0.238. The zero-order chi connectivity index (χ0) is 23.0. The maximum absolute atomic E-state index is 13.5. The largest absolute Gasteiger partial charge is 0.447 e. The molecule has 2 heterocycles. The zero-order valence-electron chi connectivity index (χ0n) is 16.9. The van der Waals surface area contributed by atoms with E-state index in [2.05, 4.69) is 5.32 Å². The Morgan fingerprint density at radius 1 is 1.19 bits per heavy atom. The van der Waals surface area contributed by atoms with Crippen LogP contribution in [0.25, 0.3) is 0 Å². The van der Waals surface area contributed by atoms with Crippen LogP contribution in [0.3, 0.4) is 0 Å². The van der Waals surface area contributed by atoms with Crippen LogP contribution in [-0.2, 0) is 19.6 Å². The first kappa shape index (κ1) is 21.7. The molecule has 4 rings (SSSR count). The van der Waals surface area contributed by atoms with Gasteiger partial charge in [-0.3, -0.25) is 4.79 Å². The van der Waals surface area contributed by atoms with E-state index >= 15 is 0 Å². The van der Waals surface area contributed by atoms with Gasteiger partial charge >= 0.3 is 6.09 Å². The number of amides is 2. The fourth-order valence-electron chi connectivity index (χ4n) is 3.66. The van der Waals surface area contributed by atoms with Crippen molar-refractivity contribution in [2.75, 3.05) is 13.2 Å². The Bertz CT molecular complexity index is 1240. The number of cyclic esters (lactones) is 1. The molecular weight excluding hydrogens is 452 g/mol. The molecule has 32 heavy (non-hydrogen) atoms. The summed E-state index contributed by atoms with van der Waals surface area (Å²) in [5, 5.41) is 11.7. The minimum Gasteiger partial charge on any atom is -0.447 e. The molecule has 2 saturated heterocycles. The van der Waals surface area contributed by atoms with Crippen LogP contribution in [0.2, 0.25) is 0 Å². The third-order valence-corrected chi connectivity index (χ3v) is 7.53. The minimum atomic E-state index is -4.14. The second-order valence-electron chi connectivity index (χ2n) is 7.32. The number of imide groups is 1. The van der Waals surface area contributed by atoms with Crippen molar-refractivity contribution >= 4 is 39.4 Å². The molecular formula is C21H18N4O5S2. The number of hydrogen-bond acceptors (Lipinski definition) is 7. The highest BCUT2D eigenvalue weighted by molar-refractivity contribution is 7.91. The summed E-state index contributed by atoms with van der Waals surface area (Å²) in [6, 6.07) is 12.2. The van der Waals surface area contributed by atoms with Crippen LogP contribution < -0.4 is 5.32 Å². The molecule has 2 aliphatic heterocycles. The highest BCUT2D eigenvalue weighted by Crippen LogP contribution is 2.36. The summed E-state index contributed by atoms with van der Waals surface area (Å²) in [6.45, 7) is 1.96. The number of nitrogens with zero attached hydrogens (tertiary/aromatic N) is 3. The molecule has 2 fully saturated rings. The van der Waals surface area contributed by atoms with Crippen molar-refractivity contribution in [3.63, 3.8) is 0 Å². The van der Waals surface area contributed by atoms with Crippen molar-refractivity contribution in [2.24, 2.45) is 0 Å². The first-order valence-corrected chi connectivity index (χ1v) is 11.5. The molecule has 9 nitrogen and oxygen atoms in total. The number of rotatable bonds is 4. The lowest BCUT2D eigenvalue weighted by Gasteiger charge is -2.28. The van der Waals surface area contributed by atoms with Crippen LogP contribution in [0.15, 0.2) is 53.4 Å². The van der Waals surface area contributed by atoms with E-state index in [-0.39, 0.29) is 23.2 Å². The molecule has 0 aliphatic carbocycles. The Balaban J connectivity index is 1.81. The van der Waals surface area contributed by atoms with E-state index in [0.29, 0.717) is 11.1 Å². The third-order valence-electron chi connectivity index (χ3n) is 5.30. The van der Waals surface area contributed by atoms with Crippen molar-refractivity contribution in [3.8, 4) is 6.07 Å². The van der Waals surface area contributed by atoms with Crippen LogP contribution in [0.4, 0.5) is 4.79 Å². The van der Waals surface area contributed by atoms with Crippen molar-refractivity contribution in [1.82, 2.24) is 14.5 Å². The maximum atomic E-state index is 13.5. The van der Waals surface area contributed by atoms with Gasteiger partial charge < -0.3 is 10.1 Å². The number of sulfonamides is 1. The van der Waals surface area contributed by atoms with Gasteiger partial charge in [-0.15, -0.1) is 0 Å². The molecule has 164 valence electrons. The normalized spacial score (nSPS) is 20.6. The second kappa shape index (κ2) is 8.22. The second-order valence-corrected chi connectivity index (χ2v) is 9.53. The highest BCUT2D eigenvalue weighted by atomic mass is 32.2. The number of aryl methyl sites for hydroxylation is 1. The van der Waals surface area contributed by atoms with Gasteiger partial charge in [0.25, 0.3) is 15.9 Å². The number of hydrogen-bond donors (Lipinski definition) is 1. The number of nitrogens with one attached hydrogen (secondary N) is 1. The number of ether oxygens (including phenoxy) is 1. The van der Waals surface area contributed by atoms with Crippen LogP contribution in [-0.4, -0.2) is 53.9 Å². The molecule has 0 spiro atoms. The molecule has 11 heteroatoms. The minimum absolute atomic E-state index is 0.0135. The molecule has 2 aromatic rings. The lowest BCUT2D eigenvalue weighted by atomic mass is 9.99. The monoisotopic (exact) mass is 470 g/mol. The molecule has 0 radical (unpaired) electrons. The summed E-state index contributed by atoms with van der Waals surface area (Å²) in [6.07, 6.45) is -0.791. The van der Waals surface area contributed by atoms with Gasteiger partial charge in [0.15, 0.2) is 5.11 Å². The molecule has 0 saturated carbocycles. The molecule has 0 bridgehead atoms. The van der Waals surface area contributed by atoms with E-state index in [1.165, 1.54) is 24.3 Å². The van der Waals surface area contributed by atoms with Gasteiger partial charge in [-0.25, -0.2) is 22.4 Å². The van der Waals surface area contributed by atoms with Crippen LogP contribution in [0.1, 0.15) is 22.7 Å². The van der Waals surface area contributed by atoms with Crippen molar-refractivity contribution in [3.05, 3.63) is 65.2 Å². The topological polar surface area (TPSA) is 120 Å². The average molecular weight is 471 g/mol. The summed E-state index contributed by atoms with van der Waals surface area (Å²) in [5.74, 6) is -0.647. The van der Waals surface area contributed by atoms with Crippen LogP contribution in [0, 0.1) is 18.3 Å². The quantitative estimate of drug-likeness (QED) is 0.672. The lowest BCUT2D eigenvalue weighted by Crippen LogP contribution is -2.47. The molecule has 2 aromatic carbocycles. The van der Waals surface area contributed by atoms with Gasteiger partial charge in [-0.2, -0.15) is 5.26 Å². The van der Waals surface area contributed by atoms with E-state index in [1.807, 2.05) is 13.0 Å². The van der Waals surface area contributed by atoms with Gasteiger partial charge in [0, 0.05) is 0 Å². The Morgan fingerprint density at radius 2 is 1.84 bits per heavy atom. The smallest absolute Gasteiger partial charge is 0.416 e. The molecule has 2 aliphatic rings. The zero-order valence-corrected chi connectivity index (χ0v) is 18.5. The molecule has 0 unspecified atom stereocenters. The summed E-state index contributed by atoms with van der Waals surface area (Å²) >= 11 is 5.34. The Hall–Kier alpha value is -3.49. The Morgan fingerprint density at radius 3 is 2.41 bits per heavy atom. The number of carbonyl (C=O) groups is 2.